The number of para-hydroxylation sites is 1. The first-order valence-electron chi connectivity index (χ1n) is 12.4. The molecule has 0 saturated carbocycles. The summed E-state index contributed by atoms with van der Waals surface area (Å²) < 4.78 is 6.42. The Morgan fingerprint density at radius 2 is 1.22 bits per heavy atom. The molecular weight excluding hydrogens is 436 g/mol. The fraction of sp³-hybridized carbons (Fsp3) is 0.0286. The van der Waals surface area contributed by atoms with E-state index in [1.807, 2.05) is 6.07 Å². The van der Waals surface area contributed by atoms with E-state index in [1.165, 1.54) is 54.6 Å². The maximum atomic E-state index is 6.42. The van der Waals surface area contributed by atoms with Crippen molar-refractivity contribution in [1.29, 1.82) is 0 Å². The maximum Gasteiger partial charge on any atom is 0.143 e. The minimum atomic E-state index is 0.922. The molecule has 168 valence electrons. The van der Waals surface area contributed by atoms with E-state index in [0.29, 0.717) is 0 Å². The van der Waals surface area contributed by atoms with Gasteiger partial charge in [-0.1, -0.05) is 103 Å². The molecule has 8 aromatic rings. The maximum absolute atomic E-state index is 6.42. The molecule has 1 heterocycles. The molecule has 0 aliphatic carbocycles. The highest BCUT2D eigenvalue weighted by molar-refractivity contribution is 6.26. The van der Waals surface area contributed by atoms with Gasteiger partial charge in [0, 0.05) is 16.3 Å². The molecule has 8 rings (SSSR count). The summed E-state index contributed by atoms with van der Waals surface area (Å²) in [6.07, 6.45) is 0. The van der Waals surface area contributed by atoms with Crippen molar-refractivity contribution in [2.75, 3.05) is 0 Å². The third kappa shape index (κ3) is 2.66. The zero-order chi connectivity index (χ0) is 23.8. The van der Waals surface area contributed by atoms with Crippen LogP contribution in [0, 0.1) is 6.92 Å². The van der Waals surface area contributed by atoms with E-state index in [9.17, 15) is 0 Å². The summed E-state index contributed by atoms with van der Waals surface area (Å²) in [5, 5.41) is 10.3. The quantitative estimate of drug-likeness (QED) is 0.235. The Morgan fingerprint density at radius 3 is 2.08 bits per heavy atom. The Hall–Kier alpha value is -4.62. The van der Waals surface area contributed by atoms with Gasteiger partial charge in [-0.3, -0.25) is 0 Å². The molecule has 0 radical (unpaired) electrons. The van der Waals surface area contributed by atoms with Crippen LogP contribution in [0.25, 0.3) is 76.5 Å². The highest BCUT2D eigenvalue weighted by Gasteiger charge is 2.16. The predicted molar refractivity (Wildman–Crippen MR) is 153 cm³/mol. The van der Waals surface area contributed by atoms with Crippen LogP contribution >= 0.6 is 0 Å². The normalized spacial score (nSPS) is 12.0. The molecule has 0 aliphatic heterocycles. The van der Waals surface area contributed by atoms with Crippen molar-refractivity contribution in [3.63, 3.8) is 0 Å². The summed E-state index contributed by atoms with van der Waals surface area (Å²) >= 11 is 0. The van der Waals surface area contributed by atoms with Crippen LogP contribution in [-0.4, -0.2) is 0 Å². The first-order valence-corrected chi connectivity index (χ1v) is 12.4. The van der Waals surface area contributed by atoms with Gasteiger partial charge in [-0.2, -0.15) is 0 Å². The minimum Gasteiger partial charge on any atom is -0.455 e. The van der Waals surface area contributed by atoms with Crippen LogP contribution in [0.15, 0.2) is 120 Å². The van der Waals surface area contributed by atoms with Crippen molar-refractivity contribution >= 4 is 54.3 Å². The molecule has 0 fully saturated rings. The van der Waals surface area contributed by atoms with Gasteiger partial charge in [0.25, 0.3) is 0 Å². The number of furan rings is 1. The molecule has 0 saturated heterocycles. The van der Waals surface area contributed by atoms with Gasteiger partial charge in [-0.15, -0.1) is 0 Å². The zero-order valence-corrected chi connectivity index (χ0v) is 19.9. The van der Waals surface area contributed by atoms with Gasteiger partial charge in [0.1, 0.15) is 11.2 Å². The van der Waals surface area contributed by atoms with E-state index in [2.05, 4.69) is 116 Å². The van der Waals surface area contributed by atoms with E-state index in [1.54, 1.807) is 0 Å². The van der Waals surface area contributed by atoms with Crippen LogP contribution in [-0.2, 0) is 0 Å². The van der Waals surface area contributed by atoms with Gasteiger partial charge in [-0.05, 0) is 73.6 Å². The molecule has 0 amide bonds. The second-order valence-electron chi connectivity index (χ2n) is 9.78. The Bertz CT molecular complexity index is 2090. The van der Waals surface area contributed by atoms with Crippen LogP contribution < -0.4 is 0 Å². The van der Waals surface area contributed by atoms with Gasteiger partial charge in [0.15, 0.2) is 0 Å². The van der Waals surface area contributed by atoms with Crippen molar-refractivity contribution < 1.29 is 4.42 Å². The van der Waals surface area contributed by atoms with Crippen LogP contribution in [0.3, 0.4) is 0 Å². The Labute approximate surface area is 208 Å². The number of benzene rings is 7. The zero-order valence-electron chi connectivity index (χ0n) is 19.9. The molecule has 1 heteroatoms. The molecule has 1 aromatic heterocycles. The smallest absolute Gasteiger partial charge is 0.143 e. The summed E-state index contributed by atoms with van der Waals surface area (Å²) in [6, 6.07) is 41.6. The fourth-order valence-electron chi connectivity index (χ4n) is 6.01. The molecule has 0 atom stereocenters. The first-order chi connectivity index (χ1) is 17.8. The van der Waals surface area contributed by atoms with Crippen LogP contribution in [0.5, 0.6) is 0 Å². The van der Waals surface area contributed by atoms with Crippen molar-refractivity contribution in [3.8, 4) is 22.3 Å². The topological polar surface area (TPSA) is 13.1 Å². The molecule has 36 heavy (non-hydrogen) atoms. The molecule has 0 unspecified atom stereocenters. The SMILES string of the molecule is Cc1ccc2ccc3c(-c4ccc5oc6c(-c7ccccc7)cccc6c5c4)ccc4ccc1c2c43. The monoisotopic (exact) mass is 458 g/mol. The number of aryl methyl sites for hydroxylation is 1. The van der Waals surface area contributed by atoms with Gasteiger partial charge in [0.05, 0.1) is 0 Å². The second-order valence-corrected chi connectivity index (χ2v) is 9.78. The summed E-state index contributed by atoms with van der Waals surface area (Å²) in [5.41, 5.74) is 7.96. The van der Waals surface area contributed by atoms with Crippen LogP contribution in [0.4, 0.5) is 0 Å². The Balaban J connectivity index is 1.40. The van der Waals surface area contributed by atoms with Crippen molar-refractivity contribution in [1.82, 2.24) is 0 Å². The number of hydrogen-bond acceptors (Lipinski definition) is 1. The predicted octanol–water partition coefficient (Wildman–Crippen LogP) is 10.1. The Morgan fingerprint density at radius 1 is 0.472 bits per heavy atom. The van der Waals surface area contributed by atoms with Crippen molar-refractivity contribution in [2.45, 2.75) is 6.92 Å². The third-order valence-electron chi connectivity index (χ3n) is 7.78. The molecule has 1 nitrogen and oxygen atoms in total. The fourth-order valence-corrected chi connectivity index (χ4v) is 6.01. The molecule has 0 bridgehead atoms. The van der Waals surface area contributed by atoms with Crippen LogP contribution in [0.2, 0.25) is 0 Å². The molecule has 0 spiro atoms. The summed E-state index contributed by atoms with van der Waals surface area (Å²) in [5.74, 6) is 0. The largest absolute Gasteiger partial charge is 0.455 e. The number of rotatable bonds is 2. The standard InChI is InChI=1S/C35H22O/c1-21-10-11-23-14-18-29-27(17-13-24-12-16-26(21)33(23)34(24)29)25-15-19-32-31(20-25)30-9-5-8-28(35(30)36-32)22-6-3-2-4-7-22/h2-20H,1H3. The van der Waals surface area contributed by atoms with Crippen molar-refractivity contribution in [3.05, 3.63) is 121 Å². The first kappa shape index (κ1) is 19.7. The molecule has 0 N–H and O–H groups in total. The lowest BCUT2D eigenvalue weighted by Crippen LogP contribution is -1.88. The summed E-state index contributed by atoms with van der Waals surface area (Å²) in [4.78, 5) is 0. The van der Waals surface area contributed by atoms with E-state index in [4.69, 9.17) is 4.42 Å². The average Bonchev–Trinajstić information content (AvgIpc) is 3.31. The average molecular weight is 459 g/mol. The van der Waals surface area contributed by atoms with E-state index in [0.717, 1.165) is 27.5 Å². The molecular formula is C35H22O. The van der Waals surface area contributed by atoms with Gasteiger partial charge in [0.2, 0.25) is 0 Å². The van der Waals surface area contributed by atoms with E-state index >= 15 is 0 Å². The number of fused-ring (bicyclic) bond motifs is 3. The minimum absolute atomic E-state index is 0.922. The highest BCUT2D eigenvalue weighted by atomic mass is 16.3. The lowest BCUT2D eigenvalue weighted by molar-refractivity contribution is 0.670. The summed E-state index contributed by atoms with van der Waals surface area (Å²) in [7, 11) is 0. The van der Waals surface area contributed by atoms with E-state index < -0.39 is 0 Å². The van der Waals surface area contributed by atoms with Crippen LogP contribution in [0.1, 0.15) is 5.56 Å². The third-order valence-corrected chi connectivity index (χ3v) is 7.78. The second kappa shape index (κ2) is 7.19. The van der Waals surface area contributed by atoms with Gasteiger partial charge in [-0.25, -0.2) is 0 Å². The van der Waals surface area contributed by atoms with Gasteiger partial charge >= 0.3 is 0 Å². The molecule has 0 aliphatic rings. The lowest BCUT2D eigenvalue weighted by Gasteiger charge is -2.15. The lowest BCUT2D eigenvalue weighted by atomic mass is 9.88. The summed E-state index contributed by atoms with van der Waals surface area (Å²) in [6.45, 7) is 2.20. The highest BCUT2D eigenvalue weighted by Crippen LogP contribution is 2.42. The number of hydrogen-bond donors (Lipinski definition) is 0. The Kier molecular flexibility index (Phi) is 3.93. The van der Waals surface area contributed by atoms with E-state index in [-0.39, 0.29) is 0 Å². The van der Waals surface area contributed by atoms with Crippen molar-refractivity contribution in [2.24, 2.45) is 0 Å². The van der Waals surface area contributed by atoms with Gasteiger partial charge < -0.3 is 4.42 Å². The molecule has 7 aromatic carbocycles.